The van der Waals surface area contributed by atoms with Gasteiger partial charge >= 0.3 is 0 Å². The highest BCUT2D eigenvalue weighted by Gasteiger charge is 2.24. The molecule has 0 radical (unpaired) electrons. The van der Waals surface area contributed by atoms with E-state index in [2.05, 4.69) is 208 Å². The first-order valence-corrected chi connectivity index (χ1v) is 19.1. The van der Waals surface area contributed by atoms with Gasteiger partial charge in [0.05, 0.1) is 33.4 Å². The number of fused-ring (bicyclic) bond motifs is 11. The zero-order valence-electron chi connectivity index (χ0n) is 30.3. The van der Waals surface area contributed by atoms with Crippen molar-refractivity contribution in [3.8, 4) is 11.4 Å². The van der Waals surface area contributed by atoms with Crippen molar-refractivity contribution in [1.82, 2.24) is 9.13 Å². The predicted octanol–water partition coefficient (Wildman–Crippen LogP) is 14.4. The molecule has 0 spiro atoms. The number of aromatic nitrogens is 2. The van der Waals surface area contributed by atoms with E-state index in [1.165, 1.54) is 43.4 Å². The molecule has 4 nitrogen and oxygen atoms in total. The summed E-state index contributed by atoms with van der Waals surface area (Å²) in [4.78, 5) is 2.39. The molecule has 0 bridgehead atoms. The predicted molar refractivity (Wildman–Crippen MR) is 235 cm³/mol. The van der Waals surface area contributed by atoms with Crippen LogP contribution in [-0.4, -0.2) is 9.13 Å². The molecule has 12 rings (SSSR count). The van der Waals surface area contributed by atoms with Crippen LogP contribution in [0.2, 0.25) is 0 Å². The summed E-state index contributed by atoms with van der Waals surface area (Å²) in [5, 5.41) is 9.54. The fourth-order valence-corrected chi connectivity index (χ4v) is 9.11. The monoisotopic (exact) mass is 715 g/mol. The fourth-order valence-electron chi connectivity index (χ4n) is 9.11. The molecule has 262 valence electrons. The molecule has 0 amide bonds. The third-order valence-corrected chi connectivity index (χ3v) is 11.5. The van der Waals surface area contributed by atoms with E-state index in [1.807, 2.05) is 6.07 Å². The number of para-hydroxylation sites is 5. The molecule has 0 aliphatic rings. The molecule has 4 heteroatoms. The van der Waals surface area contributed by atoms with Crippen LogP contribution in [0.5, 0.6) is 0 Å². The van der Waals surface area contributed by atoms with Gasteiger partial charge in [0.15, 0.2) is 5.58 Å². The summed E-state index contributed by atoms with van der Waals surface area (Å²) in [6, 6.07) is 71.9. The number of hydrogen-bond donors (Lipinski definition) is 0. The van der Waals surface area contributed by atoms with Crippen LogP contribution in [0, 0.1) is 0 Å². The Hall–Kier alpha value is -7.56. The van der Waals surface area contributed by atoms with Crippen molar-refractivity contribution in [3.63, 3.8) is 0 Å². The largest absolute Gasteiger partial charge is 0.454 e. The van der Waals surface area contributed by atoms with Crippen molar-refractivity contribution < 1.29 is 4.42 Å². The van der Waals surface area contributed by atoms with Crippen LogP contribution in [0.1, 0.15) is 0 Å². The zero-order chi connectivity index (χ0) is 36.7. The number of nitrogens with zero attached hydrogens (tertiary/aromatic N) is 3. The van der Waals surface area contributed by atoms with E-state index >= 15 is 0 Å². The molecule has 9 aromatic carbocycles. The Morgan fingerprint density at radius 3 is 1.80 bits per heavy atom. The summed E-state index contributed by atoms with van der Waals surface area (Å²) in [6.45, 7) is 0. The number of rotatable bonds is 5. The minimum atomic E-state index is 0.857. The summed E-state index contributed by atoms with van der Waals surface area (Å²) >= 11 is 0. The minimum absolute atomic E-state index is 0.857. The Morgan fingerprint density at radius 2 is 0.964 bits per heavy atom. The van der Waals surface area contributed by atoms with Crippen LogP contribution in [0.4, 0.5) is 17.1 Å². The van der Waals surface area contributed by atoms with Crippen molar-refractivity contribution in [2.24, 2.45) is 0 Å². The number of hydrogen-bond acceptors (Lipinski definition) is 2. The van der Waals surface area contributed by atoms with E-state index in [9.17, 15) is 0 Å². The second kappa shape index (κ2) is 12.0. The van der Waals surface area contributed by atoms with Crippen molar-refractivity contribution in [1.29, 1.82) is 0 Å². The average Bonchev–Trinajstić information content (AvgIpc) is 3.93. The van der Waals surface area contributed by atoms with Crippen LogP contribution in [0.3, 0.4) is 0 Å². The van der Waals surface area contributed by atoms with Gasteiger partial charge in [-0.15, -0.1) is 0 Å². The molecule has 56 heavy (non-hydrogen) atoms. The Labute approximate surface area is 322 Å². The fraction of sp³-hybridized carbons (Fsp3) is 0. The lowest BCUT2D eigenvalue weighted by atomic mass is 10.1. The van der Waals surface area contributed by atoms with Gasteiger partial charge in [-0.2, -0.15) is 0 Å². The second-order valence-corrected chi connectivity index (χ2v) is 14.5. The van der Waals surface area contributed by atoms with E-state index in [-0.39, 0.29) is 0 Å². The highest BCUT2D eigenvalue weighted by molar-refractivity contribution is 6.20. The van der Waals surface area contributed by atoms with E-state index in [0.717, 1.165) is 61.4 Å². The van der Waals surface area contributed by atoms with Crippen molar-refractivity contribution >= 4 is 93.4 Å². The number of anilines is 3. The number of benzene rings is 9. The van der Waals surface area contributed by atoms with Crippen LogP contribution >= 0.6 is 0 Å². The molecule has 3 aromatic heterocycles. The van der Waals surface area contributed by atoms with Crippen molar-refractivity contribution in [3.05, 3.63) is 200 Å². The zero-order valence-corrected chi connectivity index (χ0v) is 30.3. The molecule has 0 N–H and O–H groups in total. The molecule has 0 unspecified atom stereocenters. The van der Waals surface area contributed by atoms with E-state index in [1.54, 1.807) is 0 Å². The first-order chi connectivity index (χ1) is 27.8. The van der Waals surface area contributed by atoms with Gasteiger partial charge in [0.1, 0.15) is 5.58 Å². The first kappa shape index (κ1) is 30.9. The topological polar surface area (TPSA) is 26.2 Å². The normalized spacial score (nSPS) is 11.9. The summed E-state index contributed by atoms with van der Waals surface area (Å²) in [5.41, 5.74) is 11.8. The third-order valence-electron chi connectivity index (χ3n) is 11.5. The van der Waals surface area contributed by atoms with Crippen molar-refractivity contribution in [2.45, 2.75) is 0 Å². The summed E-state index contributed by atoms with van der Waals surface area (Å²) in [7, 11) is 0. The van der Waals surface area contributed by atoms with Gasteiger partial charge in [0.25, 0.3) is 0 Å². The maximum absolute atomic E-state index is 6.75. The van der Waals surface area contributed by atoms with Gasteiger partial charge in [-0.05, 0) is 78.2 Å². The SMILES string of the molecule is c1ccc(-n2c3ccccc3c3c(N(c4ccc(-n5c6ccccc6c6ccc7ccccc7c65)cc4)c4cccc5c4oc4ccccc45)cccc32)cc1. The van der Waals surface area contributed by atoms with Gasteiger partial charge < -0.3 is 18.5 Å². The first-order valence-electron chi connectivity index (χ1n) is 19.1. The molecule has 0 atom stereocenters. The molecule has 0 saturated carbocycles. The summed E-state index contributed by atoms with van der Waals surface area (Å²) < 4.78 is 11.6. The Bertz CT molecular complexity index is 3480. The average molecular weight is 716 g/mol. The van der Waals surface area contributed by atoms with Gasteiger partial charge in [-0.25, -0.2) is 0 Å². The lowest BCUT2D eigenvalue weighted by Gasteiger charge is -2.27. The molecule has 0 aliphatic heterocycles. The van der Waals surface area contributed by atoms with Gasteiger partial charge in [-0.3, -0.25) is 0 Å². The minimum Gasteiger partial charge on any atom is -0.454 e. The van der Waals surface area contributed by atoms with E-state index in [0.29, 0.717) is 0 Å². The maximum atomic E-state index is 6.75. The molecule has 0 fully saturated rings. The lowest BCUT2D eigenvalue weighted by molar-refractivity contribution is 0.669. The van der Waals surface area contributed by atoms with Crippen LogP contribution in [0.15, 0.2) is 205 Å². The van der Waals surface area contributed by atoms with Crippen LogP contribution in [-0.2, 0) is 0 Å². The van der Waals surface area contributed by atoms with Crippen LogP contribution < -0.4 is 4.90 Å². The Kier molecular flexibility index (Phi) is 6.60. The molecule has 0 aliphatic carbocycles. The summed E-state index contributed by atoms with van der Waals surface area (Å²) in [5.74, 6) is 0. The van der Waals surface area contributed by atoms with E-state index in [4.69, 9.17) is 4.42 Å². The van der Waals surface area contributed by atoms with Crippen molar-refractivity contribution in [2.75, 3.05) is 4.90 Å². The third kappa shape index (κ3) is 4.41. The van der Waals surface area contributed by atoms with Gasteiger partial charge in [0, 0.05) is 54.8 Å². The highest BCUT2D eigenvalue weighted by atomic mass is 16.3. The quantitative estimate of drug-likeness (QED) is 0.177. The second-order valence-electron chi connectivity index (χ2n) is 14.5. The lowest BCUT2D eigenvalue weighted by Crippen LogP contribution is -2.11. The Balaban J connectivity index is 1.14. The summed E-state index contributed by atoms with van der Waals surface area (Å²) in [6.07, 6.45) is 0. The molecular formula is C52H33N3O. The molecule has 3 heterocycles. The Morgan fingerprint density at radius 1 is 0.357 bits per heavy atom. The van der Waals surface area contributed by atoms with E-state index < -0.39 is 0 Å². The van der Waals surface area contributed by atoms with Gasteiger partial charge in [0.2, 0.25) is 0 Å². The smallest absolute Gasteiger partial charge is 0.159 e. The molecular weight excluding hydrogens is 683 g/mol. The highest BCUT2D eigenvalue weighted by Crippen LogP contribution is 2.47. The number of furan rings is 1. The standard InChI is InChI=1S/C52H33N3O/c1-2-15-35(16-3-1)53-45-23-10-7-20-43(45)50-46(53)24-13-25-47(50)54(48-26-12-21-42-40-19-8-11-27-49(40)56-52(42)48)36-29-31-37(32-30-36)55-44-22-9-6-18-39(44)41-33-28-34-14-4-5-17-38(34)51(41)55/h1-33H. The van der Waals surface area contributed by atoms with Gasteiger partial charge in [-0.1, -0.05) is 127 Å². The maximum Gasteiger partial charge on any atom is 0.159 e. The van der Waals surface area contributed by atoms with Crippen LogP contribution in [0.25, 0.3) is 87.7 Å². The molecule has 12 aromatic rings. The molecule has 0 saturated heterocycles.